The Morgan fingerprint density at radius 3 is 2.02 bits per heavy atom. The van der Waals surface area contributed by atoms with Gasteiger partial charge in [-0.3, -0.25) is 9.89 Å². The third-order valence-electron chi connectivity index (χ3n) is 6.77. The van der Waals surface area contributed by atoms with Gasteiger partial charge in [0.05, 0.1) is 20.0 Å². The Labute approximate surface area is 264 Å². The lowest BCUT2D eigenvalue weighted by Crippen LogP contribution is -2.18. The highest BCUT2D eigenvalue weighted by Crippen LogP contribution is 2.21. The van der Waals surface area contributed by atoms with Gasteiger partial charge < -0.3 is 26.5 Å². The fourth-order valence-electron chi connectivity index (χ4n) is 4.04. The average Bonchev–Trinajstić information content (AvgIpc) is 3.55. The summed E-state index contributed by atoms with van der Waals surface area (Å²) < 4.78 is 13.5. The number of nitrogens with one attached hydrogen (secondary N) is 2. The zero-order chi connectivity index (χ0) is 31.6. The summed E-state index contributed by atoms with van der Waals surface area (Å²) in [6, 6.07) is 21.3. The van der Waals surface area contributed by atoms with Gasteiger partial charge in [-0.2, -0.15) is 5.10 Å². The molecule has 5 rings (SSSR count). The molecule has 5 aromatic rings. The number of anilines is 1. The van der Waals surface area contributed by atoms with Gasteiger partial charge in [0, 0.05) is 18.5 Å². The normalized spacial score (nSPS) is 10.5. The topological polar surface area (TPSA) is 164 Å². The summed E-state index contributed by atoms with van der Waals surface area (Å²) in [5.41, 5.74) is 5.16. The SMILES string of the molecule is COc1ccc(Cc2n[nH]c(=S)n2N)cc1.COc1ccc(Cc2nnc(SCC(=O)Nc3cccc(C)c3C)n2N)cc1. The van der Waals surface area contributed by atoms with Crippen molar-refractivity contribution in [2.45, 2.75) is 31.8 Å². The van der Waals surface area contributed by atoms with Crippen molar-refractivity contribution in [2.24, 2.45) is 0 Å². The van der Waals surface area contributed by atoms with E-state index < -0.39 is 0 Å². The fourth-order valence-corrected chi connectivity index (χ4v) is 4.87. The number of benzene rings is 3. The van der Waals surface area contributed by atoms with E-state index in [4.69, 9.17) is 33.4 Å². The van der Waals surface area contributed by atoms with Gasteiger partial charge in [0.25, 0.3) is 0 Å². The van der Waals surface area contributed by atoms with Crippen LogP contribution in [0.1, 0.15) is 33.9 Å². The maximum atomic E-state index is 12.3. The highest BCUT2D eigenvalue weighted by molar-refractivity contribution is 7.99. The van der Waals surface area contributed by atoms with Gasteiger partial charge in [0.15, 0.2) is 11.6 Å². The van der Waals surface area contributed by atoms with Crippen LogP contribution in [0.2, 0.25) is 0 Å². The summed E-state index contributed by atoms with van der Waals surface area (Å²) in [5.74, 6) is 14.8. The molecule has 6 N–H and O–H groups in total. The standard InChI is InChI=1S/C20H23N5O2S.C10H12N4OS/c1-13-5-4-6-17(14(13)2)22-19(26)12-28-20-24-23-18(25(20)21)11-15-7-9-16(27-3)10-8-15;1-15-8-4-2-7(3-5-8)6-9-12-13-10(16)14(9)11/h4-10H,11-12,21H2,1-3H3,(H,22,26);2-5H,6,11H2,1H3,(H,13,16). The first kappa shape index (κ1) is 32.1. The number of nitrogen functional groups attached to an aromatic ring is 2. The van der Waals surface area contributed by atoms with Crippen LogP contribution < -0.4 is 26.5 Å². The molecule has 0 aliphatic carbocycles. The monoisotopic (exact) mass is 633 g/mol. The van der Waals surface area contributed by atoms with Gasteiger partial charge in [-0.25, -0.2) is 9.35 Å². The fraction of sp³-hybridized carbons (Fsp3) is 0.233. The van der Waals surface area contributed by atoms with E-state index in [1.165, 1.54) is 21.1 Å². The Kier molecular flexibility index (Phi) is 11.0. The molecule has 2 aromatic heterocycles. The molecule has 3 aromatic carbocycles. The van der Waals surface area contributed by atoms with Crippen LogP contribution in [-0.2, 0) is 17.6 Å². The molecular weight excluding hydrogens is 599 g/mol. The van der Waals surface area contributed by atoms with Crippen LogP contribution in [-0.4, -0.2) is 55.6 Å². The van der Waals surface area contributed by atoms with Gasteiger partial charge in [-0.15, -0.1) is 10.2 Å². The number of hydrogen-bond acceptors (Lipinski definition) is 10. The van der Waals surface area contributed by atoms with E-state index in [1.54, 1.807) is 14.2 Å². The Morgan fingerprint density at radius 2 is 1.48 bits per heavy atom. The molecule has 14 heteroatoms. The second kappa shape index (κ2) is 15.1. The van der Waals surface area contributed by atoms with Crippen molar-refractivity contribution in [3.8, 4) is 11.5 Å². The molecule has 0 radical (unpaired) electrons. The molecule has 0 aliphatic heterocycles. The Hall–Kier alpha value is -4.82. The van der Waals surface area contributed by atoms with Gasteiger partial charge in [-0.05, 0) is 78.7 Å². The second-order valence-corrected chi connectivity index (χ2v) is 11.0. The summed E-state index contributed by atoms with van der Waals surface area (Å²) in [7, 11) is 3.27. The number of nitrogens with two attached hydrogens (primary N) is 2. The molecule has 230 valence electrons. The highest BCUT2D eigenvalue weighted by Gasteiger charge is 2.14. The van der Waals surface area contributed by atoms with E-state index in [0.29, 0.717) is 34.4 Å². The summed E-state index contributed by atoms with van der Waals surface area (Å²) in [6.45, 7) is 4.00. The molecular formula is C30H35N9O3S2. The molecule has 0 atom stereocenters. The minimum atomic E-state index is -0.113. The van der Waals surface area contributed by atoms with Gasteiger partial charge in [0.1, 0.15) is 11.5 Å². The molecule has 1 amide bonds. The number of carbonyl (C=O) groups excluding carboxylic acids is 1. The number of aromatic amines is 1. The predicted octanol–water partition coefficient (Wildman–Crippen LogP) is 4.19. The number of carbonyl (C=O) groups is 1. The van der Waals surface area contributed by atoms with Crippen LogP contribution in [0, 0.1) is 18.6 Å². The Balaban J connectivity index is 0.000000233. The van der Waals surface area contributed by atoms with Crippen LogP contribution in [0.15, 0.2) is 71.9 Å². The minimum Gasteiger partial charge on any atom is -0.497 e. The number of methoxy groups -OCH3 is 2. The number of amides is 1. The van der Waals surface area contributed by atoms with Crippen molar-refractivity contribution in [2.75, 3.05) is 37.0 Å². The number of thioether (sulfide) groups is 1. The van der Waals surface area contributed by atoms with Crippen LogP contribution in [0.25, 0.3) is 0 Å². The van der Waals surface area contributed by atoms with E-state index in [0.717, 1.165) is 39.4 Å². The number of nitrogens with zero attached hydrogens (tertiary/aromatic N) is 5. The maximum Gasteiger partial charge on any atom is 0.234 e. The van der Waals surface area contributed by atoms with Crippen LogP contribution in [0.3, 0.4) is 0 Å². The first-order chi connectivity index (χ1) is 21.2. The van der Waals surface area contributed by atoms with Crippen molar-refractivity contribution in [3.63, 3.8) is 0 Å². The molecule has 12 nitrogen and oxygen atoms in total. The molecule has 0 bridgehead atoms. The maximum absolute atomic E-state index is 12.3. The van der Waals surface area contributed by atoms with Crippen molar-refractivity contribution in [3.05, 3.63) is 105 Å². The lowest BCUT2D eigenvalue weighted by atomic mass is 10.1. The smallest absolute Gasteiger partial charge is 0.234 e. The van der Waals surface area contributed by atoms with E-state index in [9.17, 15) is 4.79 Å². The largest absolute Gasteiger partial charge is 0.497 e. The first-order valence-electron chi connectivity index (χ1n) is 13.5. The number of ether oxygens (including phenoxy) is 2. The van der Waals surface area contributed by atoms with Gasteiger partial charge in [-0.1, -0.05) is 48.2 Å². The quantitative estimate of drug-likeness (QED) is 0.0996. The molecule has 2 heterocycles. The molecule has 0 spiro atoms. The summed E-state index contributed by atoms with van der Waals surface area (Å²) in [6.07, 6.45) is 1.18. The number of hydrogen-bond donors (Lipinski definition) is 4. The van der Waals surface area contributed by atoms with E-state index in [2.05, 4.69) is 25.7 Å². The molecule has 0 fully saturated rings. The lowest BCUT2D eigenvalue weighted by Gasteiger charge is -2.10. The summed E-state index contributed by atoms with van der Waals surface area (Å²) >= 11 is 6.18. The van der Waals surface area contributed by atoms with E-state index in [1.807, 2.05) is 80.6 Å². The molecule has 0 saturated carbocycles. The van der Waals surface area contributed by atoms with Crippen molar-refractivity contribution in [1.29, 1.82) is 0 Å². The summed E-state index contributed by atoms with van der Waals surface area (Å²) in [4.78, 5) is 12.3. The molecule has 0 saturated heterocycles. The zero-order valence-corrected chi connectivity index (χ0v) is 26.5. The van der Waals surface area contributed by atoms with Crippen molar-refractivity contribution in [1.82, 2.24) is 29.7 Å². The third kappa shape index (κ3) is 8.39. The second-order valence-electron chi connectivity index (χ2n) is 9.72. The van der Waals surface area contributed by atoms with E-state index in [-0.39, 0.29) is 11.7 Å². The van der Waals surface area contributed by atoms with Crippen molar-refractivity contribution >= 4 is 35.6 Å². The molecule has 0 aliphatic rings. The van der Waals surface area contributed by atoms with Crippen LogP contribution in [0.4, 0.5) is 5.69 Å². The molecule has 0 unspecified atom stereocenters. The Bertz CT molecular complexity index is 1750. The molecule has 44 heavy (non-hydrogen) atoms. The summed E-state index contributed by atoms with van der Waals surface area (Å²) in [5, 5.41) is 18.4. The van der Waals surface area contributed by atoms with Gasteiger partial charge >= 0.3 is 0 Å². The minimum absolute atomic E-state index is 0.113. The third-order valence-corrected chi connectivity index (χ3v) is 8.00. The number of aryl methyl sites for hydroxylation is 1. The number of H-pyrrole nitrogens is 1. The van der Waals surface area contributed by atoms with Crippen LogP contribution in [0.5, 0.6) is 11.5 Å². The van der Waals surface area contributed by atoms with Gasteiger partial charge in [0.2, 0.25) is 15.8 Å². The van der Waals surface area contributed by atoms with E-state index >= 15 is 0 Å². The lowest BCUT2D eigenvalue weighted by molar-refractivity contribution is -0.113. The average molecular weight is 634 g/mol. The highest BCUT2D eigenvalue weighted by atomic mass is 32.2. The Morgan fingerprint density at radius 1 is 0.886 bits per heavy atom. The van der Waals surface area contributed by atoms with Crippen LogP contribution >= 0.6 is 24.0 Å². The first-order valence-corrected chi connectivity index (χ1v) is 14.9. The number of rotatable bonds is 10. The predicted molar refractivity (Wildman–Crippen MR) is 175 cm³/mol. The number of aromatic nitrogens is 6. The van der Waals surface area contributed by atoms with Crippen molar-refractivity contribution < 1.29 is 14.3 Å². The zero-order valence-electron chi connectivity index (χ0n) is 24.9.